The second-order valence-corrected chi connectivity index (χ2v) is 5.86. The number of benzene rings is 2. The van der Waals surface area contributed by atoms with E-state index < -0.39 is 0 Å². The molecule has 0 saturated carbocycles. The first-order valence-electron chi connectivity index (χ1n) is 7.96. The third-order valence-corrected chi connectivity index (χ3v) is 4.01. The maximum atomic E-state index is 12.1. The van der Waals surface area contributed by atoms with Crippen molar-refractivity contribution in [1.29, 1.82) is 0 Å². The molecule has 0 aromatic heterocycles. The molecule has 5 nitrogen and oxygen atoms in total. The molecule has 24 heavy (non-hydrogen) atoms. The molecular formula is C19H20N2O3. The van der Waals surface area contributed by atoms with Crippen molar-refractivity contribution in [2.24, 2.45) is 0 Å². The Bertz CT molecular complexity index is 730. The molecule has 124 valence electrons. The summed E-state index contributed by atoms with van der Waals surface area (Å²) in [6, 6.07) is 16.8. The smallest absolute Gasteiger partial charge is 0.258 e. The lowest BCUT2D eigenvalue weighted by Crippen LogP contribution is -2.39. The lowest BCUT2D eigenvalue weighted by molar-refractivity contribution is -0.123. The molecular weight excluding hydrogens is 304 g/mol. The van der Waals surface area contributed by atoms with Gasteiger partial charge < -0.3 is 15.0 Å². The van der Waals surface area contributed by atoms with Gasteiger partial charge in [0.15, 0.2) is 6.61 Å². The fourth-order valence-corrected chi connectivity index (χ4v) is 2.79. The molecule has 1 fully saturated rings. The minimum atomic E-state index is -0.217. The molecule has 0 radical (unpaired) electrons. The van der Waals surface area contributed by atoms with Gasteiger partial charge in [-0.15, -0.1) is 0 Å². The fourth-order valence-electron chi connectivity index (χ4n) is 2.79. The number of anilines is 1. The predicted octanol–water partition coefficient (Wildman–Crippen LogP) is 2.30. The third-order valence-electron chi connectivity index (χ3n) is 4.01. The highest BCUT2D eigenvalue weighted by Crippen LogP contribution is 2.21. The van der Waals surface area contributed by atoms with E-state index in [2.05, 4.69) is 5.32 Å². The fraction of sp³-hybridized carbons (Fsp3) is 0.263. The van der Waals surface area contributed by atoms with Crippen LogP contribution in [0.1, 0.15) is 12.0 Å². The molecule has 2 aromatic rings. The van der Waals surface area contributed by atoms with Crippen molar-refractivity contribution in [2.75, 3.05) is 18.1 Å². The van der Waals surface area contributed by atoms with E-state index in [0.29, 0.717) is 18.7 Å². The van der Waals surface area contributed by atoms with E-state index in [1.54, 1.807) is 4.90 Å². The number of rotatable bonds is 5. The van der Waals surface area contributed by atoms with Crippen LogP contribution in [0.25, 0.3) is 0 Å². The monoisotopic (exact) mass is 324 g/mol. The number of hydrogen-bond donors (Lipinski definition) is 1. The molecule has 0 aliphatic carbocycles. The van der Waals surface area contributed by atoms with Gasteiger partial charge in [-0.05, 0) is 30.7 Å². The first-order valence-corrected chi connectivity index (χ1v) is 7.96. The van der Waals surface area contributed by atoms with Crippen LogP contribution < -0.4 is 15.0 Å². The number of ether oxygens (including phenoxy) is 1. The molecule has 1 atom stereocenters. The topological polar surface area (TPSA) is 58.6 Å². The van der Waals surface area contributed by atoms with E-state index in [-0.39, 0.29) is 24.5 Å². The number of nitrogens with zero attached hydrogens (tertiary/aromatic N) is 1. The highest BCUT2D eigenvalue weighted by atomic mass is 16.5. The number of hydrogen-bond acceptors (Lipinski definition) is 3. The van der Waals surface area contributed by atoms with E-state index in [1.165, 1.54) is 0 Å². The first-order chi connectivity index (χ1) is 11.6. The maximum Gasteiger partial charge on any atom is 0.258 e. The van der Waals surface area contributed by atoms with Crippen molar-refractivity contribution >= 4 is 17.5 Å². The van der Waals surface area contributed by atoms with Crippen LogP contribution in [-0.2, 0) is 9.59 Å². The lowest BCUT2D eigenvalue weighted by Gasteiger charge is -2.17. The Balaban J connectivity index is 1.52. The van der Waals surface area contributed by atoms with Gasteiger partial charge in [-0.1, -0.05) is 36.4 Å². The molecule has 1 heterocycles. The number of carbonyl (C=O) groups is 2. The predicted molar refractivity (Wildman–Crippen MR) is 92.0 cm³/mol. The van der Waals surface area contributed by atoms with Gasteiger partial charge in [-0.3, -0.25) is 9.59 Å². The Morgan fingerprint density at radius 2 is 1.88 bits per heavy atom. The van der Waals surface area contributed by atoms with Crippen LogP contribution in [0, 0.1) is 6.92 Å². The van der Waals surface area contributed by atoms with Crippen molar-refractivity contribution in [3.8, 4) is 5.75 Å². The van der Waals surface area contributed by atoms with E-state index in [0.717, 1.165) is 11.3 Å². The van der Waals surface area contributed by atoms with E-state index in [9.17, 15) is 9.59 Å². The minimum absolute atomic E-state index is 0.0197. The van der Waals surface area contributed by atoms with Crippen molar-refractivity contribution in [2.45, 2.75) is 19.4 Å². The normalized spacial score (nSPS) is 17.0. The van der Waals surface area contributed by atoms with E-state index in [4.69, 9.17) is 4.74 Å². The second kappa shape index (κ2) is 7.17. The molecule has 1 N–H and O–H groups in total. The summed E-state index contributed by atoms with van der Waals surface area (Å²) < 4.78 is 5.54. The number of amides is 2. The van der Waals surface area contributed by atoms with Crippen molar-refractivity contribution < 1.29 is 14.3 Å². The minimum Gasteiger partial charge on any atom is -0.484 e. The van der Waals surface area contributed by atoms with Gasteiger partial charge in [0.05, 0.1) is 6.04 Å². The average molecular weight is 324 g/mol. The molecule has 1 aliphatic heterocycles. The Kier molecular flexibility index (Phi) is 4.79. The van der Waals surface area contributed by atoms with Crippen LogP contribution in [0.3, 0.4) is 0 Å². The molecule has 2 aromatic carbocycles. The molecule has 1 aliphatic rings. The summed E-state index contributed by atoms with van der Waals surface area (Å²) in [6.07, 6.45) is 0.311. The lowest BCUT2D eigenvalue weighted by atomic mass is 10.2. The van der Waals surface area contributed by atoms with Crippen molar-refractivity contribution in [1.82, 2.24) is 5.32 Å². The van der Waals surface area contributed by atoms with Crippen LogP contribution in [0.5, 0.6) is 5.75 Å². The summed E-state index contributed by atoms with van der Waals surface area (Å²) in [5.74, 6) is 0.498. The standard InChI is InChI=1S/C19H20N2O3/c1-14-7-5-6-10-17(14)24-13-18(22)20-15-11-19(23)21(12-15)16-8-3-2-4-9-16/h2-10,15H,11-13H2,1H3,(H,20,22)/t15-/m1/s1. The molecule has 0 bridgehead atoms. The molecule has 0 unspecified atom stereocenters. The van der Waals surface area contributed by atoms with Crippen molar-refractivity contribution in [3.63, 3.8) is 0 Å². The zero-order valence-corrected chi connectivity index (χ0v) is 13.6. The Morgan fingerprint density at radius 1 is 1.17 bits per heavy atom. The highest BCUT2D eigenvalue weighted by Gasteiger charge is 2.31. The molecule has 5 heteroatoms. The maximum absolute atomic E-state index is 12.1. The summed E-state index contributed by atoms with van der Waals surface area (Å²) in [4.78, 5) is 25.9. The molecule has 1 saturated heterocycles. The number of para-hydroxylation sites is 2. The van der Waals surface area contributed by atoms with Gasteiger partial charge in [0.2, 0.25) is 5.91 Å². The summed E-state index contributed by atoms with van der Waals surface area (Å²) in [5, 5.41) is 2.87. The van der Waals surface area contributed by atoms with Gasteiger partial charge in [-0.2, -0.15) is 0 Å². The Hall–Kier alpha value is -2.82. The van der Waals surface area contributed by atoms with E-state index >= 15 is 0 Å². The SMILES string of the molecule is Cc1ccccc1OCC(=O)N[C@@H]1CC(=O)N(c2ccccc2)C1. The molecule has 0 spiro atoms. The zero-order valence-electron chi connectivity index (χ0n) is 13.6. The molecule has 2 amide bonds. The average Bonchev–Trinajstić information content (AvgIpc) is 2.95. The largest absolute Gasteiger partial charge is 0.484 e. The quantitative estimate of drug-likeness (QED) is 0.918. The summed E-state index contributed by atoms with van der Waals surface area (Å²) in [5.41, 5.74) is 1.84. The molecule has 3 rings (SSSR count). The van der Waals surface area contributed by atoms with Crippen molar-refractivity contribution in [3.05, 3.63) is 60.2 Å². The number of aryl methyl sites for hydroxylation is 1. The van der Waals surface area contributed by atoms with Gasteiger partial charge in [0.1, 0.15) is 5.75 Å². The van der Waals surface area contributed by atoms with Gasteiger partial charge in [-0.25, -0.2) is 0 Å². The first kappa shape index (κ1) is 16.1. The van der Waals surface area contributed by atoms with E-state index in [1.807, 2.05) is 61.5 Å². The Labute approximate surface area is 141 Å². The summed E-state index contributed by atoms with van der Waals surface area (Å²) in [7, 11) is 0. The van der Waals surface area contributed by atoms with Crippen LogP contribution in [0.2, 0.25) is 0 Å². The van der Waals surface area contributed by atoms with Gasteiger partial charge in [0, 0.05) is 18.7 Å². The van der Waals surface area contributed by atoms with Crippen LogP contribution in [0.15, 0.2) is 54.6 Å². The van der Waals surface area contributed by atoms with Gasteiger partial charge >= 0.3 is 0 Å². The highest BCUT2D eigenvalue weighted by molar-refractivity contribution is 5.96. The third kappa shape index (κ3) is 3.74. The van der Waals surface area contributed by atoms with Crippen LogP contribution in [-0.4, -0.2) is 31.0 Å². The number of nitrogens with one attached hydrogen (secondary N) is 1. The summed E-state index contributed by atoms with van der Waals surface area (Å²) >= 11 is 0. The zero-order chi connectivity index (χ0) is 16.9. The second-order valence-electron chi connectivity index (χ2n) is 5.86. The Morgan fingerprint density at radius 3 is 2.62 bits per heavy atom. The van der Waals surface area contributed by atoms with Crippen LogP contribution >= 0.6 is 0 Å². The number of carbonyl (C=O) groups excluding carboxylic acids is 2. The summed E-state index contributed by atoms with van der Waals surface area (Å²) in [6.45, 7) is 2.36. The van der Waals surface area contributed by atoms with Gasteiger partial charge in [0.25, 0.3) is 5.91 Å². The van der Waals surface area contributed by atoms with Crippen LogP contribution in [0.4, 0.5) is 5.69 Å².